The predicted molar refractivity (Wildman–Crippen MR) is 229 cm³/mol. The zero-order chi connectivity index (χ0) is 43.5. The number of aromatic nitrogens is 4. The first-order chi connectivity index (χ1) is 30.7. The predicted octanol–water partition coefficient (Wildman–Crippen LogP) is 3.86. The molecule has 5 amide bonds. The third-order valence-corrected chi connectivity index (χ3v) is 11.9. The van der Waals surface area contributed by atoms with Crippen LogP contribution >= 0.6 is 0 Å². The maximum atomic E-state index is 14.1. The maximum Gasteiger partial charge on any atom is 0.262 e. The minimum absolute atomic E-state index is 0.0292. The fourth-order valence-corrected chi connectivity index (χ4v) is 8.71. The smallest absolute Gasteiger partial charge is 0.262 e. The fourth-order valence-electron chi connectivity index (χ4n) is 8.71. The summed E-state index contributed by atoms with van der Waals surface area (Å²) in [6.07, 6.45) is 4.11. The number of hydrogen-bond acceptors (Lipinski definition) is 13. The van der Waals surface area contributed by atoms with E-state index >= 15 is 0 Å². The van der Waals surface area contributed by atoms with E-state index in [-0.39, 0.29) is 54.8 Å². The molecule has 0 radical (unpaired) electrons. The van der Waals surface area contributed by atoms with Crippen molar-refractivity contribution in [1.29, 1.82) is 0 Å². The molecule has 63 heavy (non-hydrogen) atoms. The molecule has 9 rings (SSSR count). The number of imidazole rings is 1. The molecule has 2 N–H and O–H groups in total. The first-order valence-corrected chi connectivity index (χ1v) is 21.3. The number of nitrogens with one attached hydrogen (secondary N) is 2. The van der Waals surface area contributed by atoms with Gasteiger partial charge in [0.2, 0.25) is 17.7 Å². The summed E-state index contributed by atoms with van der Waals surface area (Å²) in [5.41, 5.74) is 4.19. The number of piperidine rings is 1. The molecule has 1 unspecified atom stereocenters. The molecule has 2 atom stereocenters. The highest BCUT2D eigenvalue weighted by atomic mass is 19.1. The number of fused-ring (bicyclic) bond motifs is 2. The van der Waals surface area contributed by atoms with E-state index in [2.05, 4.69) is 25.4 Å². The van der Waals surface area contributed by atoms with E-state index in [9.17, 15) is 28.4 Å². The standard InChI is InChI=1S/C45H47FN10O7/c46-30-5-1-4-29(26-30)35-7-3-17-54(35)40-13-12-38-48-28-37(56(38)51-40)34-6-2-8-39(49-34)52-18-20-53(21-19-52)42(58)15-22-62-24-25-63-23-16-47-31-9-10-32-33(27-31)45(61)55(44(32)60)36-11-14-41(57)50-43(36)59/h1-2,4-6,8-10,12-13,26-28,35-36,47H,3,7,11,14-25H2,(H,50,57,59)/t35-,36?/m1/s1. The minimum Gasteiger partial charge on any atom is -0.383 e. The molecule has 326 valence electrons. The normalized spacial score (nSPS) is 19.0. The van der Waals surface area contributed by atoms with E-state index in [4.69, 9.17) is 19.6 Å². The number of ether oxygens (including phenoxy) is 2. The van der Waals surface area contributed by atoms with Gasteiger partial charge in [0.1, 0.15) is 29.2 Å². The van der Waals surface area contributed by atoms with Gasteiger partial charge in [0, 0.05) is 51.4 Å². The highest BCUT2D eigenvalue weighted by molar-refractivity contribution is 6.23. The van der Waals surface area contributed by atoms with Crippen LogP contribution in [0.1, 0.15) is 64.4 Å². The molecule has 7 heterocycles. The van der Waals surface area contributed by atoms with Crippen molar-refractivity contribution in [1.82, 2.24) is 34.7 Å². The van der Waals surface area contributed by atoms with Crippen molar-refractivity contribution < 1.29 is 37.8 Å². The van der Waals surface area contributed by atoms with Gasteiger partial charge in [-0.1, -0.05) is 18.2 Å². The van der Waals surface area contributed by atoms with Gasteiger partial charge >= 0.3 is 0 Å². The van der Waals surface area contributed by atoms with Gasteiger partial charge in [0.15, 0.2) is 5.65 Å². The number of anilines is 3. The van der Waals surface area contributed by atoms with E-state index in [0.717, 1.165) is 52.9 Å². The van der Waals surface area contributed by atoms with Gasteiger partial charge in [0.05, 0.1) is 61.9 Å². The van der Waals surface area contributed by atoms with E-state index in [1.165, 1.54) is 6.07 Å². The zero-order valence-corrected chi connectivity index (χ0v) is 34.6. The number of carbonyl (C=O) groups is 5. The summed E-state index contributed by atoms with van der Waals surface area (Å²) >= 11 is 0. The monoisotopic (exact) mass is 858 g/mol. The summed E-state index contributed by atoms with van der Waals surface area (Å²) in [4.78, 5) is 79.6. The Morgan fingerprint density at radius 3 is 2.44 bits per heavy atom. The Bertz CT molecular complexity index is 2560. The lowest BCUT2D eigenvalue weighted by molar-refractivity contribution is -0.136. The summed E-state index contributed by atoms with van der Waals surface area (Å²) in [6.45, 7) is 4.95. The molecule has 3 fully saturated rings. The Kier molecular flexibility index (Phi) is 12.1. The quantitative estimate of drug-likeness (QED) is 0.115. The molecule has 5 aromatic rings. The first-order valence-electron chi connectivity index (χ1n) is 21.3. The Balaban J connectivity index is 0.688. The van der Waals surface area contributed by atoms with Gasteiger partial charge in [-0.3, -0.25) is 34.2 Å². The summed E-state index contributed by atoms with van der Waals surface area (Å²) in [7, 11) is 0. The third-order valence-electron chi connectivity index (χ3n) is 11.9. The number of benzene rings is 2. The number of halogens is 1. The molecule has 0 saturated carbocycles. The molecule has 18 heteroatoms. The van der Waals surface area contributed by atoms with E-state index < -0.39 is 29.7 Å². The number of carbonyl (C=O) groups excluding carboxylic acids is 5. The largest absolute Gasteiger partial charge is 0.383 e. The van der Waals surface area contributed by atoms with Gasteiger partial charge in [-0.05, 0) is 79.4 Å². The lowest BCUT2D eigenvalue weighted by Crippen LogP contribution is -2.54. The van der Waals surface area contributed by atoms with Crippen molar-refractivity contribution in [2.45, 2.75) is 44.2 Å². The minimum atomic E-state index is -1.01. The number of hydrogen-bond donors (Lipinski definition) is 2. The molecule has 4 aliphatic rings. The summed E-state index contributed by atoms with van der Waals surface area (Å²) < 4.78 is 27.3. The van der Waals surface area contributed by atoms with E-state index in [1.807, 2.05) is 45.8 Å². The average molecular weight is 859 g/mol. The molecule has 17 nitrogen and oxygen atoms in total. The lowest BCUT2D eigenvalue weighted by atomic mass is 10.0. The summed E-state index contributed by atoms with van der Waals surface area (Å²) in [5, 5.41) is 10.4. The van der Waals surface area contributed by atoms with Crippen LogP contribution in [0.2, 0.25) is 0 Å². The van der Waals surface area contributed by atoms with Crippen LogP contribution in [0.25, 0.3) is 17.0 Å². The number of imide groups is 2. The van der Waals surface area contributed by atoms with Crippen LogP contribution in [0.5, 0.6) is 0 Å². The first kappa shape index (κ1) is 41.6. The van der Waals surface area contributed by atoms with Gasteiger partial charge in [0.25, 0.3) is 11.8 Å². The van der Waals surface area contributed by atoms with Gasteiger partial charge in [-0.15, -0.1) is 5.10 Å². The molecule has 3 aromatic heterocycles. The fraction of sp³-hybridized carbons (Fsp3) is 0.378. The number of nitrogens with zero attached hydrogens (tertiary/aromatic N) is 8. The second-order valence-electron chi connectivity index (χ2n) is 15.9. The van der Waals surface area contributed by atoms with Gasteiger partial charge in [-0.25, -0.2) is 18.9 Å². The number of pyridine rings is 1. The number of amides is 5. The van der Waals surface area contributed by atoms with E-state index in [0.29, 0.717) is 63.9 Å². The van der Waals surface area contributed by atoms with Crippen LogP contribution in [0.4, 0.5) is 21.7 Å². The summed E-state index contributed by atoms with van der Waals surface area (Å²) in [5.74, 6) is -0.784. The Morgan fingerprint density at radius 2 is 1.62 bits per heavy atom. The molecule has 0 bridgehead atoms. The zero-order valence-electron chi connectivity index (χ0n) is 34.6. The number of rotatable bonds is 15. The van der Waals surface area contributed by atoms with Crippen molar-refractivity contribution in [2.24, 2.45) is 0 Å². The van der Waals surface area contributed by atoms with Gasteiger partial charge in [-0.2, -0.15) is 0 Å². The van der Waals surface area contributed by atoms with Crippen molar-refractivity contribution in [3.8, 4) is 11.4 Å². The van der Waals surface area contributed by atoms with Crippen LogP contribution in [0.15, 0.2) is 79.0 Å². The summed E-state index contributed by atoms with van der Waals surface area (Å²) in [6, 6.07) is 20.4. The van der Waals surface area contributed by atoms with Crippen LogP contribution in [0.3, 0.4) is 0 Å². The molecule has 0 spiro atoms. The second-order valence-corrected chi connectivity index (χ2v) is 15.9. The topological polar surface area (TPSA) is 184 Å². The molecule has 4 aliphatic heterocycles. The molecule has 2 aromatic carbocycles. The van der Waals surface area contributed by atoms with Crippen molar-refractivity contribution in [3.05, 3.63) is 102 Å². The van der Waals surface area contributed by atoms with Crippen molar-refractivity contribution in [2.75, 3.05) is 80.8 Å². The molecule has 0 aliphatic carbocycles. The molecular formula is C45H47FN10O7. The van der Waals surface area contributed by atoms with Crippen molar-refractivity contribution in [3.63, 3.8) is 0 Å². The average Bonchev–Trinajstić information content (AvgIpc) is 4.02. The van der Waals surface area contributed by atoms with Crippen LogP contribution in [-0.4, -0.2) is 131 Å². The highest BCUT2D eigenvalue weighted by Crippen LogP contribution is 2.36. The highest BCUT2D eigenvalue weighted by Gasteiger charge is 2.44. The second kappa shape index (κ2) is 18.3. The van der Waals surface area contributed by atoms with E-state index in [1.54, 1.807) is 36.5 Å². The SMILES string of the molecule is O=C1CCC(N2C(=O)c3ccc(NCCOCCOCCC(=O)N4CCN(c5cccc(-c6cnc7ccc(N8CCC[C@@H]8c8cccc(F)c8)nn67)n5)CC4)cc3C2=O)C(=O)N1. The Hall–Kier alpha value is -6.79. The molecule has 3 saturated heterocycles. The van der Waals surface area contributed by atoms with Crippen LogP contribution < -0.4 is 20.4 Å². The lowest BCUT2D eigenvalue weighted by Gasteiger charge is -2.35. The Labute approximate surface area is 362 Å². The van der Waals surface area contributed by atoms with Gasteiger partial charge < -0.3 is 29.5 Å². The van der Waals surface area contributed by atoms with Crippen LogP contribution in [0, 0.1) is 5.82 Å². The van der Waals surface area contributed by atoms with Crippen molar-refractivity contribution >= 4 is 52.5 Å². The molecular weight excluding hydrogens is 812 g/mol. The third kappa shape index (κ3) is 8.81. The maximum absolute atomic E-state index is 14.1. The van der Waals surface area contributed by atoms with Crippen LogP contribution in [-0.2, 0) is 23.9 Å². The number of piperazine rings is 1. The Morgan fingerprint density at radius 1 is 0.810 bits per heavy atom.